The Balaban J connectivity index is 2.06. The summed E-state index contributed by atoms with van der Waals surface area (Å²) in [4.78, 5) is 14.4. The predicted octanol–water partition coefficient (Wildman–Crippen LogP) is 2.87. The van der Waals surface area contributed by atoms with Gasteiger partial charge in [-0.15, -0.1) is 0 Å². The van der Waals surface area contributed by atoms with E-state index in [0.717, 1.165) is 51.7 Å². The fourth-order valence-electron chi connectivity index (χ4n) is 4.13. The first-order chi connectivity index (χ1) is 9.88. The molecule has 0 bridgehead atoms. The molecule has 2 unspecified atom stereocenters. The van der Waals surface area contributed by atoms with Gasteiger partial charge < -0.3 is 10.4 Å². The van der Waals surface area contributed by atoms with E-state index in [4.69, 9.17) is 0 Å². The number of hydrogen-bond donors (Lipinski definition) is 2. The molecule has 0 spiro atoms. The highest BCUT2D eigenvalue weighted by molar-refractivity contribution is 5.79. The zero-order valence-electron chi connectivity index (χ0n) is 14.0. The Bertz CT molecular complexity index is 370. The number of nitrogens with one attached hydrogen (secondary N) is 1. The van der Waals surface area contributed by atoms with Gasteiger partial charge in [0.05, 0.1) is 0 Å². The van der Waals surface area contributed by atoms with Crippen molar-refractivity contribution in [1.29, 1.82) is 0 Å². The van der Waals surface area contributed by atoms with Gasteiger partial charge in [0.1, 0.15) is 5.54 Å². The fraction of sp³-hybridized carbons (Fsp3) is 0.941. The highest BCUT2D eigenvalue weighted by atomic mass is 16.4. The summed E-state index contributed by atoms with van der Waals surface area (Å²) in [6, 6.07) is 0.429. The van der Waals surface area contributed by atoms with E-state index in [1.165, 1.54) is 12.8 Å². The summed E-state index contributed by atoms with van der Waals surface area (Å²) in [5, 5.41) is 13.1. The monoisotopic (exact) mass is 296 g/mol. The maximum atomic E-state index is 11.9. The molecule has 0 radical (unpaired) electrons. The number of likely N-dealkylation sites (tertiary alicyclic amines) is 1. The van der Waals surface area contributed by atoms with Crippen LogP contribution in [0.15, 0.2) is 0 Å². The summed E-state index contributed by atoms with van der Waals surface area (Å²) < 4.78 is 0. The molecule has 2 aliphatic rings. The van der Waals surface area contributed by atoms with Crippen LogP contribution in [0.2, 0.25) is 0 Å². The summed E-state index contributed by atoms with van der Waals surface area (Å²) in [6.07, 6.45) is 7.22. The number of aliphatic carboxylic acids is 1. The molecule has 2 fully saturated rings. The molecule has 0 amide bonds. The van der Waals surface area contributed by atoms with E-state index in [9.17, 15) is 9.90 Å². The lowest BCUT2D eigenvalue weighted by molar-refractivity contribution is -0.147. The van der Waals surface area contributed by atoms with Gasteiger partial charge in [-0.2, -0.15) is 0 Å². The maximum Gasteiger partial charge on any atom is 0.323 e. The Labute approximate surface area is 129 Å². The first-order valence-electron chi connectivity index (χ1n) is 8.61. The molecule has 0 aromatic rings. The normalized spacial score (nSPS) is 33.8. The number of rotatable bonds is 5. The van der Waals surface area contributed by atoms with Gasteiger partial charge in [-0.1, -0.05) is 20.8 Å². The van der Waals surface area contributed by atoms with E-state index in [2.05, 4.69) is 31.0 Å². The molecule has 21 heavy (non-hydrogen) atoms. The molecule has 1 aliphatic carbocycles. The van der Waals surface area contributed by atoms with Gasteiger partial charge in [0.2, 0.25) is 0 Å². The molecule has 0 aromatic carbocycles. The van der Waals surface area contributed by atoms with Crippen molar-refractivity contribution in [3.8, 4) is 0 Å². The molecule has 2 N–H and O–H groups in total. The van der Waals surface area contributed by atoms with E-state index < -0.39 is 11.5 Å². The minimum Gasteiger partial charge on any atom is -0.480 e. The molecule has 1 aliphatic heterocycles. The van der Waals surface area contributed by atoms with E-state index in [1.54, 1.807) is 0 Å². The first-order valence-corrected chi connectivity index (χ1v) is 8.61. The van der Waals surface area contributed by atoms with E-state index >= 15 is 0 Å². The smallest absolute Gasteiger partial charge is 0.323 e. The second-order valence-corrected chi connectivity index (χ2v) is 7.80. The Kier molecular flexibility index (Phi) is 5.31. The Hall–Kier alpha value is -0.610. The molecule has 0 aromatic heterocycles. The van der Waals surface area contributed by atoms with Crippen LogP contribution >= 0.6 is 0 Å². The van der Waals surface area contributed by atoms with Gasteiger partial charge in [0.15, 0.2) is 0 Å². The lowest BCUT2D eigenvalue weighted by Crippen LogP contribution is -2.59. The van der Waals surface area contributed by atoms with Crippen molar-refractivity contribution in [2.75, 3.05) is 19.6 Å². The highest BCUT2D eigenvalue weighted by Crippen LogP contribution is 2.36. The standard InChI is InChI=1S/C17H32N2O2/c1-4-10-18-17(15(20)21)9-5-7-14(12-17)19-11-6-8-16(2,3)13-19/h14,18H,4-13H2,1-3H3,(H,20,21). The Morgan fingerprint density at radius 3 is 2.71 bits per heavy atom. The van der Waals surface area contributed by atoms with Gasteiger partial charge in [-0.05, 0) is 63.5 Å². The molecule has 122 valence electrons. The third-order valence-corrected chi connectivity index (χ3v) is 5.29. The third-order valence-electron chi connectivity index (χ3n) is 5.29. The molecule has 4 nitrogen and oxygen atoms in total. The minimum absolute atomic E-state index is 0.373. The lowest BCUT2D eigenvalue weighted by atomic mass is 9.76. The van der Waals surface area contributed by atoms with Crippen molar-refractivity contribution in [3.63, 3.8) is 0 Å². The molecular weight excluding hydrogens is 264 g/mol. The van der Waals surface area contributed by atoms with Crippen LogP contribution in [0.5, 0.6) is 0 Å². The number of hydrogen-bond acceptors (Lipinski definition) is 3. The van der Waals surface area contributed by atoms with Crippen LogP contribution in [0, 0.1) is 5.41 Å². The van der Waals surface area contributed by atoms with Crippen LogP contribution in [0.1, 0.15) is 65.7 Å². The summed E-state index contributed by atoms with van der Waals surface area (Å²) in [5.74, 6) is -0.656. The SMILES string of the molecule is CCCNC1(C(=O)O)CCCC(N2CCCC(C)(C)C2)C1. The molecule has 4 heteroatoms. The summed E-state index contributed by atoms with van der Waals surface area (Å²) in [6.45, 7) is 9.81. The molecule has 2 atom stereocenters. The minimum atomic E-state index is -0.694. The van der Waals surface area contributed by atoms with Crippen molar-refractivity contribution in [2.45, 2.75) is 77.3 Å². The zero-order valence-corrected chi connectivity index (χ0v) is 14.0. The van der Waals surface area contributed by atoms with Crippen molar-refractivity contribution < 1.29 is 9.90 Å². The highest BCUT2D eigenvalue weighted by Gasteiger charge is 2.44. The van der Waals surface area contributed by atoms with Crippen molar-refractivity contribution in [2.24, 2.45) is 5.41 Å². The van der Waals surface area contributed by atoms with Crippen LogP contribution in [-0.4, -0.2) is 47.2 Å². The fourth-order valence-corrected chi connectivity index (χ4v) is 4.13. The quantitative estimate of drug-likeness (QED) is 0.819. The van der Waals surface area contributed by atoms with Gasteiger partial charge in [-0.3, -0.25) is 9.69 Å². The van der Waals surface area contributed by atoms with Gasteiger partial charge in [-0.25, -0.2) is 0 Å². The summed E-state index contributed by atoms with van der Waals surface area (Å²) in [5.41, 5.74) is -0.320. The lowest BCUT2D eigenvalue weighted by Gasteiger charge is -2.47. The second-order valence-electron chi connectivity index (χ2n) is 7.80. The Morgan fingerprint density at radius 2 is 2.10 bits per heavy atom. The summed E-state index contributed by atoms with van der Waals surface area (Å²) >= 11 is 0. The summed E-state index contributed by atoms with van der Waals surface area (Å²) in [7, 11) is 0. The molecular formula is C17H32N2O2. The molecule has 1 saturated carbocycles. The topological polar surface area (TPSA) is 52.6 Å². The number of carboxylic acids is 1. The second kappa shape index (κ2) is 6.66. The van der Waals surface area contributed by atoms with Crippen LogP contribution < -0.4 is 5.32 Å². The molecule has 1 heterocycles. The number of nitrogens with zero attached hydrogens (tertiary/aromatic N) is 1. The van der Waals surface area contributed by atoms with Crippen LogP contribution in [-0.2, 0) is 4.79 Å². The average Bonchev–Trinajstić information content (AvgIpc) is 2.44. The zero-order chi connectivity index (χ0) is 15.5. The van der Waals surface area contributed by atoms with Crippen molar-refractivity contribution >= 4 is 5.97 Å². The van der Waals surface area contributed by atoms with Crippen molar-refractivity contribution in [1.82, 2.24) is 10.2 Å². The third kappa shape index (κ3) is 3.98. The predicted molar refractivity (Wildman–Crippen MR) is 85.5 cm³/mol. The first kappa shape index (κ1) is 16.8. The largest absolute Gasteiger partial charge is 0.480 e. The number of carboxylic acid groups (broad SMARTS) is 1. The molecule has 1 saturated heterocycles. The number of piperidine rings is 1. The molecule has 2 rings (SSSR count). The van der Waals surface area contributed by atoms with Crippen LogP contribution in [0.25, 0.3) is 0 Å². The van der Waals surface area contributed by atoms with Crippen molar-refractivity contribution in [3.05, 3.63) is 0 Å². The van der Waals surface area contributed by atoms with Gasteiger partial charge in [0, 0.05) is 12.6 Å². The van der Waals surface area contributed by atoms with Crippen LogP contribution in [0.4, 0.5) is 0 Å². The Morgan fingerprint density at radius 1 is 1.33 bits per heavy atom. The van der Waals surface area contributed by atoms with Gasteiger partial charge in [0.25, 0.3) is 0 Å². The maximum absolute atomic E-state index is 11.9. The van der Waals surface area contributed by atoms with E-state index in [-0.39, 0.29) is 0 Å². The van der Waals surface area contributed by atoms with E-state index in [1.807, 2.05) is 0 Å². The van der Waals surface area contributed by atoms with Gasteiger partial charge >= 0.3 is 5.97 Å². The average molecular weight is 296 g/mol. The number of carbonyl (C=O) groups is 1. The van der Waals surface area contributed by atoms with E-state index in [0.29, 0.717) is 11.5 Å². The van der Waals surface area contributed by atoms with Crippen LogP contribution in [0.3, 0.4) is 0 Å².